The number of primary amides is 1. The van der Waals surface area contributed by atoms with Crippen LogP contribution >= 0.6 is 0 Å². The van der Waals surface area contributed by atoms with Crippen molar-refractivity contribution in [3.63, 3.8) is 0 Å². The molecule has 0 spiro atoms. The van der Waals surface area contributed by atoms with Crippen LogP contribution in [-0.4, -0.2) is 23.0 Å². The minimum absolute atomic E-state index is 0.235. The molecule has 0 bridgehead atoms. The third kappa shape index (κ3) is 2.47. The average Bonchev–Trinajstić information content (AvgIpc) is 2.20. The summed E-state index contributed by atoms with van der Waals surface area (Å²) in [6.07, 6.45) is 0. The Morgan fingerprint density at radius 3 is 2.62 bits per heavy atom. The number of rotatable bonds is 4. The number of nitrogens with two attached hydrogens (primary N) is 1. The van der Waals surface area contributed by atoms with Gasteiger partial charge in [0, 0.05) is 0 Å². The number of hydrogen-bond donors (Lipinski definition) is 3. The highest BCUT2D eigenvalue weighted by atomic mass is 19.1. The number of carbonyl (C=O) groups is 2. The third-order valence-electron chi connectivity index (χ3n) is 2.03. The lowest BCUT2D eigenvalue weighted by Crippen LogP contribution is -2.33. The van der Waals surface area contributed by atoms with E-state index in [0.717, 1.165) is 6.07 Å². The van der Waals surface area contributed by atoms with Gasteiger partial charge in [0.2, 0.25) is 5.91 Å². The van der Waals surface area contributed by atoms with Crippen LogP contribution in [0.25, 0.3) is 0 Å². The minimum atomic E-state index is -1.28. The lowest BCUT2D eigenvalue weighted by Gasteiger charge is -2.14. The zero-order valence-electron chi connectivity index (χ0n) is 8.53. The van der Waals surface area contributed by atoms with E-state index in [1.165, 1.54) is 19.1 Å². The van der Waals surface area contributed by atoms with Crippen molar-refractivity contribution >= 4 is 17.6 Å². The first-order valence-corrected chi connectivity index (χ1v) is 4.51. The SMILES string of the molecule is CC(Nc1c(F)cccc1C(=O)O)C(N)=O. The maximum atomic E-state index is 13.4. The van der Waals surface area contributed by atoms with Gasteiger partial charge < -0.3 is 16.2 Å². The quantitative estimate of drug-likeness (QED) is 0.708. The van der Waals surface area contributed by atoms with Crippen molar-refractivity contribution in [1.29, 1.82) is 0 Å². The summed E-state index contributed by atoms with van der Waals surface area (Å²) in [6.45, 7) is 1.42. The van der Waals surface area contributed by atoms with Gasteiger partial charge in [-0.25, -0.2) is 9.18 Å². The molecule has 0 fully saturated rings. The second kappa shape index (κ2) is 4.61. The van der Waals surface area contributed by atoms with E-state index in [9.17, 15) is 14.0 Å². The van der Waals surface area contributed by atoms with Crippen LogP contribution in [0.2, 0.25) is 0 Å². The molecular formula is C10H11FN2O3. The number of amides is 1. The monoisotopic (exact) mass is 226 g/mol. The molecular weight excluding hydrogens is 215 g/mol. The normalized spacial score (nSPS) is 11.9. The first-order chi connectivity index (χ1) is 7.43. The first kappa shape index (κ1) is 12.0. The highest BCUT2D eigenvalue weighted by Crippen LogP contribution is 2.20. The molecule has 0 heterocycles. The summed E-state index contributed by atoms with van der Waals surface area (Å²) in [5.74, 6) is -2.72. The Morgan fingerprint density at radius 1 is 1.50 bits per heavy atom. The number of halogens is 1. The maximum absolute atomic E-state index is 13.4. The molecule has 86 valence electrons. The molecule has 0 aliphatic heterocycles. The standard InChI is InChI=1S/C10H11FN2O3/c1-5(9(12)14)13-8-6(10(15)16)3-2-4-7(8)11/h2-5,13H,1H3,(H2,12,14)(H,15,16). The Hall–Kier alpha value is -2.11. The topological polar surface area (TPSA) is 92.4 Å². The predicted molar refractivity (Wildman–Crippen MR) is 55.6 cm³/mol. The lowest BCUT2D eigenvalue weighted by molar-refractivity contribution is -0.118. The molecule has 16 heavy (non-hydrogen) atoms. The van der Waals surface area contributed by atoms with E-state index in [0.29, 0.717) is 0 Å². The molecule has 1 atom stereocenters. The van der Waals surface area contributed by atoms with E-state index in [-0.39, 0.29) is 11.3 Å². The smallest absolute Gasteiger partial charge is 0.337 e. The molecule has 4 N–H and O–H groups in total. The van der Waals surface area contributed by atoms with Crippen LogP contribution in [0, 0.1) is 5.82 Å². The Kier molecular flexibility index (Phi) is 3.44. The zero-order valence-corrected chi connectivity index (χ0v) is 8.53. The summed E-state index contributed by atoms with van der Waals surface area (Å²) in [4.78, 5) is 21.6. The molecule has 1 amide bonds. The molecule has 1 unspecified atom stereocenters. The van der Waals surface area contributed by atoms with Crippen LogP contribution in [0.15, 0.2) is 18.2 Å². The molecule has 0 aromatic heterocycles. The Balaban J connectivity index is 3.11. The fraction of sp³-hybridized carbons (Fsp3) is 0.200. The van der Waals surface area contributed by atoms with Crippen molar-refractivity contribution in [3.05, 3.63) is 29.6 Å². The van der Waals surface area contributed by atoms with Crippen molar-refractivity contribution in [1.82, 2.24) is 0 Å². The van der Waals surface area contributed by atoms with Crippen molar-refractivity contribution in [3.8, 4) is 0 Å². The van der Waals surface area contributed by atoms with Crippen LogP contribution in [0.3, 0.4) is 0 Å². The fourth-order valence-corrected chi connectivity index (χ4v) is 1.14. The van der Waals surface area contributed by atoms with Crippen LogP contribution in [-0.2, 0) is 4.79 Å². The lowest BCUT2D eigenvalue weighted by atomic mass is 10.1. The summed E-state index contributed by atoms with van der Waals surface area (Å²) in [5, 5.41) is 11.2. The van der Waals surface area contributed by atoms with Gasteiger partial charge >= 0.3 is 5.97 Å². The minimum Gasteiger partial charge on any atom is -0.478 e. The Labute approximate surface area is 91.1 Å². The van der Waals surface area contributed by atoms with Gasteiger partial charge in [-0.1, -0.05) is 6.07 Å². The van der Waals surface area contributed by atoms with E-state index in [2.05, 4.69) is 5.32 Å². The van der Waals surface area contributed by atoms with Gasteiger partial charge in [-0.3, -0.25) is 4.79 Å². The molecule has 0 saturated heterocycles. The number of carbonyl (C=O) groups excluding carboxylic acids is 1. The van der Waals surface area contributed by atoms with Crippen LogP contribution in [0.1, 0.15) is 17.3 Å². The highest BCUT2D eigenvalue weighted by Gasteiger charge is 2.17. The molecule has 0 aliphatic rings. The molecule has 0 aliphatic carbocycles. The zero-order chi connectivity index (χ0) is 12.3. The molecule has 0 radical (unpaired) electrons. The summed E-state index contributed by atoms with van der Waals surface area (Å²) < 4.78 is 13.4. The maximum Gasteiger partial charge on any atom is 0.337 e. The third-order valence-corrected chi connectivity index (χ3v) is 2.03. The number of carboxylic acids is 1. The van der Waals surface area contributed by atoms with Crippen LogP contribution in [0.4, 0.5) is 10.1 Å². The molecule has 5 nitrogen and oxygen atoms in total. The predicted octanol–water partition coefficient (Wildman–Crippen LogP) is 0.810. The largest absolute Gasteiger partial charge is 0.478 e. The number of para-hydroxylation sites is 1. The summed E-state index contributed by atoms with van der Waals surface area (Å²) >= 11 is 0. The van der Waals surface area contributed by atoms with Gasteiger partial charge in [0.05, 0.1) is 11.3 Å². The fourth-order valence-electron chi connectivity index (χ4n) is 1.14. The van der Waals surface area contributed by atoms with Gasteiger partial charge in [0.25, 0.3) is 0 Å². The Morgan fingerprint density at radius 2 is 2.12 bits per heavy atom. The van der Waals surface area contributed by atoms with Crippen molar-refractivity contribution < 1.29 is 19.1 Å². The molecule has 0 saturated carbocycles. The van der Waals surface area contributed by atoms with Gasteiger partial charge in [-0.15, -0.1) is 0 Å². The van der Waals surface area contributed by atoms with Crippen molar-refractivity contribution in [2.45, 2.75) is 13.0 Å². The van der Waals surface area contributed by atoms with Crippen LogP contribution in [0.5, 0.6) is 0 Å². The van der Waals surface area contributed by atoms with E-state index < -0.39 is 23.7 Å². The number of nitrogens with one attached hydrogen (secondary N) is 1. The van der Waals surface area contributed by atoms with Crippen LogP contribution < -0.4 is 11.1 Å². The molecule has 1 aromatic rings. The molecule has 1 aromatic carbocycles. The molecule has 6 heteroatoms. The van der Waals surface area contributed by atoms with Gasteiger partial charge in [-0.2, -0.15) is 0 Å². The Bertz CT molecular complexity index is 434. The van der Waals surface area contributed by atoms with Gasteiger partial charge in [0.15, 0.2) is 0 Å². The summed E-state index contributed by atoms with van der Waals surface area (Å²) in [6, 6.07) is 2.76. The number of anilines is 1. The first-order valence-electron chi connectivity index (χ1n) is 4.51. The summed E-state index contributed by atoms with van der Waals surface area (Å²) in [7, 11) is 0. The number of benzene rings is 1. The second-order valence-corrected chi connectivity index (χ2v) is 3.24. The van der Waals surface area contributed by atoms with Crippen molar-refractivity contribution in [2.24, 2.45) is 5.73 Å². The van der Waals surface area contributed by atoms with E-state index >= 15 is 0 Å². The average molecular weight is 226 g/mol. The molecule has 1 rings (SSSR count). The van der Waals surface area contributed by atoms with Gasteiger partial charge in [0.1, 0.15) is 11.9 Å². The summed E-state index contributed by atoms with van der Waals surface area (Å²) in [5.41, 5.74) is 4.51. The van der Waals surface area contributed by atoms with Gasteiger partial charge in [-0.05, 0) is 19.1 Å². The number of hydrogen-bond acceptors (Lipinski definition) is 3. The highest BCUT2D eigenvalue weighted by molar-refractivity contribution is 5.95. The van der Waals surface area contributed by atoms with E-state index in [1.807, 2.05) is 0 Å². The number of carboxylic acid groups (broad SMARTS) is 1. The van der Waals surface area contributed by atoms with Crippen molar-refractivity contribution in [2.75, 3.05) is 5.32 Å². The van der Waals surface area contributed by atoms with E-state index in [4.69, 9.17) is 10.8 Å². The van der Waals surface area contributed by atoms with E-state index in [1.54, 1.807) is 0 Å². The second-order valence-electron chi connectivity index (χ2n) is 3.24. The number of aromatic carboxylic acids is 1.